The highest BCUT2D eigenvalue weighted by atomic mass is 16.5. The van der Waals surface area contributed by atoms with Crippen molar-refractivity contribution >= 4 is 5.91 Å². The molecular formula is C22H28N2O6. The lowest BCUT2D eigenvalue weighted by Gasteiger charge is -2.26. The fraction of sp³-hybridized carbons (Fsp3) is 0.455. The quantitative estimate of drug-likeness (QED) is 0.679. The van der Waals surface area contributed by atoms with Gasteiger partial charge in [-0.2, -0.15) is 0 Å². The van der Waals surface area contributed by atoms with Crippen LogP contribution in [0, 0.1) is 0 Å². The molecule has 0 spiro atoms. The third kappa shape index (κ3) is 4.94. The Bertz CT molecular complexity index is 949. The first-order valence-corrected chi connectivity index (χ1v) is 10.0. The molecule has 0 radical (unpaired) electrons. The summed E-state index contributed by atoms with van der Waals surface area (Å²) in [7, 11) is 3.02. The first-order chi connectivity index (χ1) is 14.4. The standard InChI is InChI=1S/C22H28N2O6/c1-28-14-6-7-16(19(11-14)29-2)17(12-20(23)26)22-21(27)18(25)10-15(30-22)13-24-8-4-3-5-9-24/h6-7,10-11,17,27H,3-5,8-9,12-13H2,1-2H3,(H2,23,26)/t17-/m0/s1. The van der Waals surface area contributed by atoms with E-state index in [9.17, 15) is 14.7 Å². The van der Waals surface area contributed by atoms with E-state index in [4.69, 9.17) is 19.6 Å². The van der Waals surface area contributed by atoms with Crippen LogP contribution in [-0.2, 0) is 11.3 Å². The number of primary amides is 1. The molecule has 1 aliphatic rings. The van der Waals surface area contributed by atoms with Crippen LogP contribution in [0.4, 0.5) is 0 Å². The summed E-state index contributed by atoms with van der Waals surface area (Å²) < 4.78 is 16.7. The Kier molecular flexibility index (Phi) is 6.99. The van der Waals surface area contributed by atoms with Crippen molar-refractivity contribution in [2.45, 2.75) is 38.1 Å². The van der Waals surface area contributed by atoms with Gasteiger partial charge in [-0.25, -0.2) is 0 Å². The van der Waals surface area contributed by atoms with Gasteiger partial charge in [0.25, 0.3) is 0 Å². The van der Waals surface area contributed by atoms with Crippen LogP contribution in [0.15, 0.2) is 33.5 Å². The second-order valence-corrected chi connectivity index (χ2v) is 7.46. The number of amides is 1. The van der Waals surface area contributed by atoms with Crippen molar-refractivity contribution in [2.24, 2.45) is 5.73 Å². The zero-order chi connectivity index (χ0) is 21.7. The highest BCUT2D eigenvalue weighted by Gasteiger charge is 2.28. The Labute approximate surface area is 175 Å². The minimum Gasteiger partial charge on any atom is -0.502 e. The summed E-state index contributed by atoms with van der Waals surface area (Å²) in [6.07, 6.45) is 3.23. The maximum atomic E-state index is 12.5. The van der Waals surface area contributed by atoms with E-state index >= 15 is 0 Å². The molecule has 2 aromatic rings. The molecule has 1 fully saturated rings. The van der Waals surface area contributed by atoms with Gasteiger partial charge in [0.05, 0.1) is 26.7 Å². The molecule has 1 aromatic heterocycles. The van der Waals surface area contributed by atoms with Crippen molar-refractivity contribution in [2.75, 3.05) is 27.3 Å². The van der Waals surface area contributed by atoms with Gasteiger partial charge in [0.1, 0.15) is 17.3 Å². The lowest BCUT2D eigenvalue weighted by molar-refractivity contribution is -0.118. The van der Waals surface area contributed by atoms with Crippen LogP contribution in [0.1, 0.15) is 48.7 Å². The molecule has 2 heterocycles. The van der Waals surface area contributed by atoms with Crippen LogP contribution < -0.4 is 20.6 Å². The van der Waals surface area contributed by atoms with Gasteiger partial charge < -0.3 is 24.7 Å². The molecule has 3 N–H and O–H groups in total. The van der Waals surface area contributed by atoms with Gasteiger partial charge >= 0.3 is 0 Å². The number of carbonyl (C=O) groups is 1. The Morgan fingerprint density at radius 3 is 2.57 bits per heavy atom. The molecule has 0 aliphatic carbocycles. The van der Waals surface area contributed by atoms with E-state index in [1.54, 1.807) is 18.2 Å². The normalized spacial score (nSPS) is 15.5. The average Bonchev–Trinajstić information content (AvgIpc) is 2.74. The predicted octanol–water partition coefficient (Wildman–Crippen LogP) is 2.36. The highest BCUT2D eigenvalue weighted by molar-refractivity contribution is 5.75. The summed E-state index contributed by atoms with van der Waals surface area (Å²) in [5.41, 5.74) is 5.49. The van der Waals surface area contributed by atoms with E-state index in [0.717, 1.165) is 25.9 Å². The number of carbonyl (C=O) groups excluding carboxylic acids is 1. The molecule has 1 amide bonds. The molecule has 162 valence electrons. The maximum absolute atomic E-state index is 12.5. The van der Waals surface area contributed by atoms with E-state index in [1.165, 1.54) is 26.7 Å². The van der Waals surface area contributed by atoms with Crippen molar-refractivity contribution in [1.29, 1.82) is 0 Å². The predicted molar refractivity (Wildman–Crippen MR) is 111 cm³/mol. The van der Waals surface area contributed by atoms with Crippen LogP contribution in [0.5, 0.6) is 17.2 Å². The second-order valence-electron chi connectivity index (χ2n) is 7.46. The van der Waals surface area contributed by atoms with Crippen molar-refractivity contribution < 1.29 is 23.8 Å². The lowest BCUT2D eigenvalue weighted by atomic mass is 9.91. The molecule has 0 unspecified atom stereocenters. The molecule has 1 aromatic carbocycles. The summed E-state index contributed by atoms with van der Waals surface area (Å²) in [5.74, 6) is -0.448. The topological polar surface area (TPSA) is 115 Å². The van der Waals surface area contributed by atoms with E-state index in [1.807, 2.05) is 0 Å². The van der Waals surface area contributed by atoms with E-state index < -0.39 is 23.0 Å². The van der Waals surface area contributed by atoms with Crippen LogP contribution in [0.25, 0.3) is 0 Å². The van der Waals surface area contributed by atoms with Crippen LogP contribution in [-0.4, -0.2) is 43.2 Å². The summed E-state index contributed by atoms with van der Waals surface area (Å²) >= 11 is 0. The van der Waals surface area contributed by atoms with Crippen molar-refractivity contribution in [3.8, 4) is 17.2 Å². The molecule has 1 aliphatic heterocycles. The third-order valence-electron chi connectivity index (χ3n) is 5.37. The monoisotopic (exact) mass is 416 g/mol. The van der Waals surface area contributed by atoms with E-state index in [-0.39, 0.29) is 12.2 Å². The number of methoxy groups -OCH3 is 2. The number of aromatic hydroxyl groups is 1. The maximum Gasteiger partial charge on any atom is 0.227 e. The van der Waals surface area contributed by atoms with Gasteiger partial charge in [-0.1, -0.05) is 12.5 Å². The van der Waals surface area contributed by atoms with Crippen molar-refractivity contribution in [3.05, 3.63) is 51.6 Å². The Morgan fingerprint density at radius 1 is 1.20 bits per heavy atom. The van der Waals surface area contributed by atoms with Gasteiger partial charge in [0.15, 0.2) is 5.76 Å². The van der Waals surface area contributed by atoms with Gasteiger partial charge in [0.2, 0.25) is 17.1 Å². The van der Waals surface area contributed by atoms with E-state index in [0.29, 0.717) is 29.4 Å². The van der Waals surface area contributed by atoms with Crippen LogP contribution in [0.2, 0.25) is 0 Å². The number of ether oxygens (including phenoxy) is 2. The number of nitrogens with zero attached hydrogens (tertiary/aromatic N) is 1. The summed E-state index contributed by atoms with van der Waals surface area (Å²) in [4.78, 5) is 26.5. The molecule has 1 saturated heterocycles. The number of likely N-dealkylation sites (tertiary alicyclic amines) is 1. The van der Waals surface area contributed by atoms with E-state index in [2.05, 4.69) is 4.90 Å². The number of rotatable bonds is 8. The molecular weight excluding hydrogens is 388 g/mol. The number of benzene rings is 1. The highest BCUT2D eigenvalue weighted by Crippen LogP contribution is 2.39. The lowest BCUT2D eigenvalue weighted by Crippen LogP contribution is -2.29. The fourth-order valence-electron chi connectivity index (χ4n) is 3.86. The molecule has 8 heteroatoms. The first-order valence-electron chi connectivity index (χ1n) is 10.0. The smallest absolute Gasteiger partial charge is 0.227 e. The Balaban J connectivity index is 2.05. The minimum atomic E-state index is -0.780. The molecule has 0 saturated carbocycles. The first kappa shape index (κ1) is 21.7. The summed E-state index contributed by atoms with van der Waals surface area (Å²) in [6.45, 7) is 2.32. The summed E-state index contributed by atoms with van der Waals surface area (Å²) in [5, 5.41) is 10.5. The van der Waals surface area contributed by atoms with Crippen molar-refractivity contribution in [3.63, 3.8) is 0 Å². The molecule has 8 nitrogen and oxygen atoms in total. The van der Waals surface area contributed by atoms with Gasteiger partial charge in [-0.05, 0) is 32.0 Å². The van der Waals surface area contributed by atoms with Crippen LogP contribution >= 0.6 is 0 Å². The number of hydrogen-bond donors (Lipinski definition) is 2. The third-order valence-corrected chi connectivity index (χ3v) is 5.37. The largest absolute Gasteiger partial charge is 0.502 e. The summed E-state index contributed by atoms with van der Waals surface area (Å²) in [6, 6.07) is 6.39. The van der Waals surface area contributed by atoms with Crippen molar-refractivity contribution in [1.82, 2.24) is 4.90 Å². The molecule has 1 atom stereocenters. The molecule has 30 heavy (non-hydrogen) atoms. The zero-order valence-corrected chi connectivity index (χ0v) is 17.3. The van der Waals surface area contributed by atoms with Gasteiger partial charge in [-0.3, -0.25) is 14.5 Å². The molecule has 3 rings (SSSR count). The van der Waals surface area contributed by atoms with Crippen LogP contribution in [0.3, 0.4) is 0 Å². The number of nitrogens with two attached hydrogens (primary N) is 1. The fourth-order valence-corrected chi connectivity index (χ4v) is 3.86. The second kappa shape index (κ2) is 9.67. The number of piperidine rings is 1. The average molecular weight is 416 g/mol. The van der Waals surface area contributed by atoms with Gasteiger partial charge in [-0.15, -0.1) is 0 Å². The minimum absolute atomic E-state index is 0.0109. The Morgan fingerprint density at radius 2 is 1.93 bits per heavy atom. The zero-order valence-electron chi connectivity index (χ0n) is 17.3. The molecule has 0 bridgehead atoms. The SMILES string of the molecule is COc1ccc([C@H](CC(N)=O)c2oc(CN3CCCCC3)cc(=O)c2O)c(OC)c1. The Hall–Kier alpha value is -3.00. The number of hydrogen-bond acceptors (Lipinski definition) is 7. The van der Waals surface area contributed by atoms with Gasteiger partial charge in [0, 0.05) is 24.1 Å².